The Morgan fingerprint density at radius 1 is 0.865 bits per heavy atom. The number of carbonyl (C=O) groups is 1. The van der Waals surface area contributed by atoms with Crippen LogP contribution in [0, 0.1) is 0 Å². The molecule has 37 heavy (non-hydrogen) atoms. The molecule has 1 heterocycles. The quantitative estimate of drug-likeness (QED) is 0.158. The number of para-hydroxylation sites is 1. The van der Waals surface area contributed by atoms with Crippen molar-refractivity contribution in [1.29, 1.82) is 0 Å². The van der Waals surface area contributed by atoms with E-state index in [0.29, 0.717) is 13.2 Å². The summed E-state index contributed by atoms with van der Waals surface area (Å²) in [6.07, 6.45) is 20.0. The summed E-state index contributed by atoms with van der Waals surface area (Å²) in [7, 11) is 2.00. The molecule has 0 saturated heterocycles. The van der Waals surface area contributed by atoms with E-state index in [1.54, 1.807) is 6.92 Å². The summed E-state index contributed by atoms with van der Waals surface area (Å²) < 4.78 is 8.50. The van der Waals surface area contributed by atoms with Crippen LogP contribution in [-0.4, -0.2) is 12.5 Å². The summed E-state index contributed by atoms with van der Waals surface area (Å²) in [5.74, 6) is 0.876. The van der Waals surface area contributed by atoms with Gasteiger partial charge < -0.3 is 9.64 Å². The zero-order valence-electron chi connectivity index (χ0n) is 24.7. The Morgan fingerprint density at radius 2 is 1.46 bits per heavy atom. The molecule has 1 aromatic heterocycles. The SMILES string of the molecule is CCCCCCCCCCCCCCOc1c(N(Cc2ccc[n+](C)c2)C(C)=O)cccc1C(C)(C)C. The fourth-order valence-corrected chi connectivity index (χ4v) is 4.89. The highest BCUT2D eigenvalue weighted by Crippen LogP contribution is 2.39. The molecule has 206 valence electrons. The normalized spacial score (nSPS) is 11.5. The molecule has 1 amide bonds. The van der Waals surface area contributed by atoms with Gasteiger partial charge in [-0.2, -0.15) is 0 Å². The minimum Gasteiger partial charge on any atom is -0.491 e. The second-order valence-corrected chi connectivity index (χ2v) is 11.6. The first-order valence-corrected chi connectivity index (χ1v) is 14.7. The first kappa shape index (κ1) is 30.9. The summed E-state index contributed by atoms with van der Waals surface area (Å²) >= 11 is 0. The summed E-state index contributed by atoms with van der Waals surface area (Å²) in [6, 6.07) is 10.3. The Balaban J connectivity index is 1.94. The van der Waals surface area contributed by atoms with Crippen LogP contribution in [-0.2, 0) is 23.8 Å². The summed E-state index contributed by atoms with van der Waals surface area (Å²) in [5.41, 5.74) is 3.02. The lowest BCUT2D eigenvalue weighted by Crippen LogP contribution is -2.32. The maximum absolute atomic E-state index is 12.8. The average Bonchev–Trinajstić information content (AvgIpc) is 2.84. The fourth-order valence-electron chi connectivity index (χ4n) is 4.89. The molecule has 4 nitrogen and oxygen atoms in total. The number of pyridine rings is 1. The van der Waals surface area contributed by atoms with Gasteiger partial charge in [0.1, 0.15) is 12.8 Å². The van der Waals surface area contributed by atoms with Crippen LogP contribution in [0.15, 0.2) is 42.7 Å². The summed E-state index contributed by atoms with van der Waals surface area (Å²) in [4.78, 5) is 14.6. The lowest BCUT2D eigenvalue weighted by Gasteiger charge is -2.29. The van der Waals surface area contributed by atoms with Gasteiger partial charge in [0, 0.05) is 24.1 Å². The zero-order valence-corrected chi connectivity index (χ0v) is 24.7. The standard InChI is InChI=1S/C33H53N2O2/c1-7-8-9-10-11-12-13-14-15-16-17-18-25-37-32-30(33(3,4)5)22-19-23-31(32)35(28(2)36)27-29-21-20-24-34(6)26-29/h19-24,26H,7-18,25,27H2,1-6H3/q+1. The number of rotatable bonds is 17. The van der Waals surface area contributed by atoms with Gasteiger partial charge in [0.05, 0.1) is 18.8 Å². The molecule has 0 saturated carbocycles. The van der Waals surface area contributed by atoms with Crippen LogP contribution in [0.25, 0.3) is 0 Å². The van der Waals surface area contributed by atoms with Crippen molar-refractivity contribution >= 4 is 11.6 Å². The lowest BCUT2D eigenvalue weighted by molar-refractivity contribution is -0.671. The summed E-state index contributed by atoms with van der Waals surface area (Å²) in [5, 5.41) is 0. The third-order valence-electron chi connectivity index (χ3n) is 7.06. The molecular formula is C33H53N2O2+. The van der Waals surface area contributed by atoms with E-state index >= 15 is 0 Å². The second kappa shape index (κ2) is 16.5. The predicted molar refractivity (Wildman–Crippen MR) is 156 cm³/mol. The largest absolute Gasteiger partial charge is 0.491 e. The number of benzene rings is 1. The molecule has 0 atom stereocenters. The number of aryl methyl sites for hydroxylation is 1. The third-order valence-corrected chi connectivity index (χ3v) is 7.06. The molecule has 0 spiro atoms. The minimum atomic E-state index is -0.0798. The van der Waals surface area contributed by atoms with Crippen LogP contribution < -0.4 is 14.2 Å². The Hall–Kier alpha value is -2.36. The highest BCUT2D eigenvalue weighted by molar-refractivity contribution is 5.93. The van der Waals surface area contributed by atoms with Gasteiger partial charge in [-0.15, -0.1) is 0 Å². The molecule has 0 N–H and O–H groups in total. The number of hydrogen-bond donors (Lipinski definition) is 0. The van der Waals surface area contributed by atoms with Gasteiger partial charge in [0.25, 0.3) is 0 Å². The van der Waals surface area contributed by atoms with E-state index in [1.807, 2.05) is 40.9 Å². The number of unbranched alkanes of at least 4 members (excludes halogenated alkanes) is 11. The van der Waals surface area contributed by atoms with Crippen LogP contribution in [0.2, 0.25) is 0 Å². The lowest BCUT2D eigenvalue weighted by atomic mass is 9.85. The van der Waals surface area contributed by atoms with Crippen LogP contribution in [0.5, 0.6) is 5.75 Å². The first-order valence-electron chi connectivity index (χ1n) is 14.7. The van der Waals surface area contributed by atoms with Crippen molar-refractivity contribution in [2.24, 2.45) is 7.05 Å². The van der Waals surface area contributed by atoms with Crippen LogP contribution in [0.3, 0.4) is 0 Å². The fraction of sp³-hybridized carbons (Fsp3) is 0.636. The van der Waals surface area contributed by atoms with Crippen molar-refractivity contribution < 1.29 is 14.1 Å². The van der Waals surface area contributed by atoms with Crippen LogP contribution in [0.4, 0.5) is 5.69 Å². The predicted octanol–water partition coefficient (Wildman–Crippen LogP) is 8.44. The maximum Gasteiger partial charge on any atom is 0.224 e. The van der Waals surface area contributed by atoms with Gasteiger partial charge in [-0.3, -0.25) is 4.79 Å². The van der Waals surface area contributed by atoms with E-state index in [0.717, 1.165) is 29.0 Å². The summed E-state index contributed by atoms with van der Waals surface area (Å²) in [6.45, 7) is 11.7. The molecule has 2 aromatic rings. The minimum absolute atomic E-state index is 0.0211. The number of ether oxygens (including phenoxy) is 1. The zero-order chi connectivity index (χ0) is 27.1. The highest BCUT2D eigenvalue weighted by atomic mass is 16.5. The van der Waals surface area contributed by atoms with E-state index in [-0.39, 0.29) is 11.3 Å². The van der Waals surface area contributed by atoms with Gasteiger partial charge in [-0.25, -0.2) is 4.57 Å². The Morgan fingerprint density at radius 3 is 2.00 bits per heavy atom. The third kappa shape index (κ3) is 11.3. The number of amides is 1. The number of aromatic nitrogens is 1. The molecule has 4 heteroatoms. The van der Waals surface area contributed by atoms with Gasteiger partial charge >= 0.3 is 0 Å². The molecule has 0 unspecified atom stereocenters. The number of hydrogen-bond acceptors (Lipinski definition) is 2. The molecule has 1 aromatic carbocycles. The van der Waals surface area contributed by atoms with Crippen LogP contribution in [0.1, 0.15) is 123 Å². The van der Waals surface area contributed by atoms with E-state index < -0.39 is 0 Å². The Bertz CT molecular complexity index is 932. The molecule has 0 aliphatic rings. The number of nitrogens with zero attached hydrogens (tertiary/aromatic N) is 2. The topological polar surface area (TPSA) is 33.4 Å². The Kier molecular flexibility index (Phi) is 13.7. The molecular weight excluding hydrogens is 456 g/mol. The number of carbonyl (C=O) groups excluding carboxylic acids is 1. The van der Waals surface area contributed by atoms with Crippen molar-refractivity contribution in [3.8, 4) is 5.75 Å². The molecule has 0 fully saturated rings. The van der Waals surface area contributed by atoms with Crippen molar-refractivity contribution in [3.05, 3.63) is 53.9 Å². The van der Waals surface area contributed by atoms with Gasteiger partial charge in [0.15, 0.2) is 12.4 Å². The van der Waals surface area contributed by atoms with Gasteiger partial charge in [0.2, 0.25) is 5.91 Å². The van der Waals surface area contributed by atoms with Crippen molar-refractivity contribution in [2.45, 2.75) is 124 Å². The van der Waals surface area contributed by atoms with Crippen molar-refractivity contribution in [3.63, 3.8) is 0 Å². The van der Waals surface area contributed by atoms with Crippen molar-refractivity contribution in [1.82, 2.24) is 0 Å². The molecule has 0 radical (unpaired) electrons. The van der Waals surface area contributed by atoms with E-state index in [9.17, 15) is 4.79 Å². The van der Waals surface area contributed by atoms with Gasteiger partial charge in [-0.05, 0) is 24.0 Å². The maximum atomic E-state index is 12.8. The van der Waals surface area contributed by atoms with E-state index in [2.05, 4.69) is 46.0 Å². The first-order chi connectivity index (χ1) is 17.7. The van der Waals surface area contributed by atoms with Crippen LogP contribution >= 0.6 is 0 Å². The van der Waals surface area contributed by atoms with E-state index in [4.69, 9.17) is 4.74 Å². The molecule has 0 aliphatic carbocycles. The monoisotopic (exact) mass is 509 g/mol. The second-order valence-electron chi connectivity index (χ2n) is 11.6. The smallest absolute Gasteiger partial charge is 0.224 e. The Labute approximate surface area is 227 Å². The van der Waals surface area contributed by atoms with Gasteiger partial charge in [-0.1, -0.05) is 110 Å². The van der Waals surface area contributed by atoms with Crippen molar-refractivity contribution in [2.75, 3.05) is 11.5 Å². The average molecular weight is 510 g/mol. The van der Waals surface area contributed by atoms with E-state index in [1.165, 1.54) is 70.6 Å². The molecule has 0 aliphatic heterocycles. The molecule has 0 bridgehead atoms. The molecule has 2 rings (SSSR count). The highest BCUT2D eigenvalue weighted by Gasteiger charge is 2.25. The number of anilines is 1.